The van der Waals surface area contributed by atoms with Crippen LogP contribution in [0.15, 0.2) is 23.3 Å². The number of rotatable bonds is 8. The Balaban J connectivity index is 0.994. The van der Waals surface area contributed by atoms with E-state index in [1.165, 1.54) is 17.6 Å². The van der Waals surface area contributed by atoms with E-state index in [0.29, 0.717) is 47.8 Å². The highest BCUT2D eigenvalue weighted by molar-refractivity contribution is 5.71. The summed E-state index contributed by atoms with van der Waals surface area (Å²) in [6, 6.07) is -0.0729. The van der Waals surface area contributed by atoms with Crippen LogP contribution < -0.4 is 0 Å². The highest BCUT2D eigenvalue weighted by atomic mass is 16.7. The van der Waals surface area contributed by atoms with Gasteiger partial charge in [0.15, 0.2) is 0 Å². The van der Waals surface area contributed by atoms with Gasteiger partial charge in [0.25, 0.3) is 0 Å². The first-order valence-corrected chi connectivity index (χ1v) is 18.3. The van der Waals surface area contributed by atoms with Gasteiger partial charge >= 0.3 is 12.1 Å². The second kappa shape index (κ2) is 13.3. The summed E-state index contributed by atoms with van der Waals surface area (Å²) >= 11 is 0. The highest BCUT2D eigenvalue weighted by Gasteiger charge is 2.62. The maximum Gasteiger partial charge on any atom is 0.413 e. The number of carbonyl (C=O) groups is 2. The minimum absolute atomic E-state index is 0.0729. The number of aliphatic hydroxyl groups is 2. The zero-order chi connectivity index (χ0) is 32.8. The summed E-state index contributed by atoms with van der Waals surface area (Å²) in [6.45, 7) is 9.14. The second-order valence-electron chi connectivity index (χ2n) is 16.4. The van der Waals surface area contributed by atoms with Crippen LogP contribution in [-0.2, 0) is 14.3 Å². The molecule has 0 aromatic heterocycles. The summed E-state index contributed by atoms with van der Waals surface area (Å²) in [5.41, 5.74) is 2.97. The lowest BCUT2D eigenvalue weighted by molar-refractivity contribution is -0.174. The van der Waals surface area contributed by atoms with E-state index in [9.17, 15) is 19.8 Å². The molecule has 0 spiro atoms. The van der Waals surface area contributed by atoms with Crippen molar-refractivity contribution >= 4 is 12.1 Å². The summed E-state index contributed by atoms with van der Waals surface area (Å²) in [6.07, 6.45) is 21.0. The van der Waals surface area contributed by atoms with Crippen molar-refractivity contribution in [3.8, 4) is 12.3 Å². The SMILES string of the molecule is C#CCN(C(=O)OCOC(=O)CC[C@@H](C)C1CCC2C3C(CC[C@@]21C)[C@@]1(C)CC[C@@H](O)C[C@H]1C[C@@H]3O)[C@@H]1CCC2=C1C(C)CC=C2. The third-order valence-corrected chi connectivity index (χ3v) is 14.3. The molecule has 5 unspecified atom stereocenters. The van der Waals surface area contributed by atoms with Crippen LogP contribution in [0.4, 0.5) is 4.79 Å². The van der Waals surface area contributed by atoms with Crippen molar-refractivity contribution in [3.05, 3.63) is 23.3 Å². The summed E-state index contributed by atoms with van der Waals surface area (Å²) in [5.74, 6) is 5.30. The van der Waals surface area contributed by atoms with E-state index in [0.717, 1.165) is 70.6 Å². The zero-order valence-corrected chi connectivity index (χ0v) is 28.6. The third-order valence-electron chi connectivity index (χ3n) is 14.3. The lowest BCUT2D eigenvalue weighted by Gasteiger charge is -2.62. The van der Waals surface area contributed by atoms with Crippen LogP contribution in [0, 0.1) is 64.6 Å². The molecule has 6 aliphatic rings. The Labute approximate surface area is 276 Å². The van der Waals surface area contributed by atoms with Gasteiger partial charge in [-0.05, 0) is 140 Å². The summed E-state index contributed by atoms with van der Waals surface area (Å²) in [4.78, 5) is 27.5. The largest absolute Gasteiger partial charge is 0.428 e. The van der Waals surface area contributed by atoms with E-state index in [1.54, 1.807) is 4.90 Å². The molecule has 0 aliphatic heterocycles. The van der Waals surface area contributed by atoms with Crippen LogP contribution in [0.1, 0.15) is 111 Å². The van der Waals surface area contributed by atoms with Gasteiger partial charge in [0, 0.05) is 6.42 Å². The van der Waals surface area contributed by atoms with Crippen molar-refractivity contribution in [2.24, 2.45) is 52.3 Å². The molecule has 0 bridgehead atoms. The Kier molecular flexibility index (Phi) is 9.72. The fraction of sp³-hybridized carbons (Fsp3) is 0.795. The molecule has 0 heterocycles. The third kappa shape index (κ3) is 5.96. The van der Waals surface area contributed by atoms with Crippen molar-refractivity contribution in [2.75, 3.05) is 13.3 Å². The van der Waals surface area contributed by atoms with Crippen LogP contribution in [0.2, 0.25) is 0 Å². The van der Waals surface area contributed by atoms with Crippen LogP contribution in [0.5, 0.6) is 0 Å². The first kappa shape index (κ1) is 33.6. The number of ether oxygens (including phenoxy) is 2. The average molecular weight is 636 g/mol. The van der Waals surface area contributed by atoms with Gasteiger partial charge in [-0.15, -0.1) is 6.42 Å². The predicted molar refractivity (Wildman–Crippen MR) is 177 cm³/mol. The molecular weight excluding hydrogens is 578 g/mol. The topological polar surface area (TPSA) is 96.3 Å². The van der Waals surface area contributed by atoms with Crippen molar-refractivity contribution in [1.82, 2.24) is 4.90 Å². The molecular formula is C39H57NO6. The van der Waals surface area contributed by atoms with Crippen molar-refractivity contribution < 1.29 is 29.3 Å². The Morgan fingerprint density at radius 3 is 2.61 bits per heavy atom. The van der Waals surface area contributed by atoms with Gasteiger partial charge in [0.2, 0.25) is 6.79 Å². The standard InChI is InChI=1S/C39H57NO6/c1-6-20-40(32-14-11-26-9-7-8-25(3)35(26)32)37(44)46-23-45-34(43)15-10-24(2)29-12-13-30-36-31(17-19-39(29,30)5)38(4)18-16-28(41)21-27(38)22-33(36)42/h1,7,9,24-25,27-33,36,41-42H,8,10-23H2,2-5H3/t24-,25?,27+,28-,29?,30?,31?,32-,33+,36?,38+,39-/m1/s1. The number of allylic oxidation sites excluding steroid dienone is 3. The van der Waals surface area contributed by atoms with E-state index in [2.05, 4.69) is 45.8 Å². The number of esters is 1. The minimum Gasteiger partial charge on any atom is -0.428 e. The van der Waals surface area contributed by atoms with Gasteiger partial charge in [0.1, 0.15) is 0 Å². The van der Waals surface area contributed by atoms with Gasteiger partial charge in [-0.2, -0.15) is 0 Å². The number of amides is 1. The summed E-state index contributed by atoms with van der Waals surface area (Å²) in [7, 11) is 0. The smallest absolute Gasteiger partial charge is 0.413 e. The van der Waals surface area contributed by atoms with Crippen molar-refractivity contribution in [1.29, 1.82) is 0 Å². The van der Waals surface area contributed by atoms with E-state index in [-0.39, 0.29) is 41.6 Å². The van der Waals surface area contributed by atoms with Gasteiger partial charge in [0.05, 0.1) is 24.8 Å². The molecule has 1 amide bonds. The molecule has 0 saturated heterocycles. The number of carbonyl (C=O) groups excluding carboxylic acids is 2. The number of nitrogens with zero attached hydrogens (tertiary/aromatic N) is 1. The zero-order valence-electron chi connectivity index (χ0n) is 28.6. The van der Waals surface area contributed by atoms with Gasteiger partial charge in [-0.25, -0.2) is 4.79 Å². The number of aliphatic hydroxyl groups excluding tert-OH is 2. The molecule has 0 aromatic rings. The molecule has 4 saturated carbocycles. The molecule has 46 heavy (non-hydrogen) atoms. The van der Waals surface area contributed by atoms with Crippen molar-refractivity contribution in [2.45, 2.75) is 129 Å². The van der Waals surface area contributed by atoms with E-state index >= 15 is 0 Å². The van der Waals surface area contributed by atoms with Gasteiger partial charge in [-0.3, -0.25) is 9.69 Å². The summed E-state index contributed by atoms with van der Waals surface area (Å²) in [5, 5.41) is 21.9. The molecule has 254 valence electrons. The minimum atomic E-state index is -0.533. The van der Waals surface area contributed by atoms with E-state index in [4.69, 9.17) is 15.9 Å². The molecule has 12 atom stereocenters. The molecule has 6 aliphatic carbocycles. The molecule has 7 heteroatoms. The fourth-order valence-corrected chi connectivity index (χ4v) is 11.9. The van der Waals surface area contributed by atoms with Crippen molar-refractivity contribution in [3.63, 3.8) is 0 Å². The second-order valence-corrected chi connectivity index (χ2v) is 16.4. The Hall–Kier alpha value is -2.30. The molecule has 0 aromatic carbocycles. The van der Waals surface area contributed by atoms with Crippen LogP contribution in [0.25, 0.3) is 0 Å². The lowest BCUT2D eigenvalue weighted by Crippen LogP contribution is -2.58. The molecule has 6 rings (SSSR count). The Morgan fingerprint density at radius 1 is 1.07 bits per heavy atom. The number of hydrogen-bond donors (Lipinski definition) is 2. The summed E-state index contributed by atoms with van der Waals surface area (Å²) < 4.78 is 10.8. The molecule has 0 radical (unpaired) electrons. The Bertz CT molecular complexity index is 1270. The lowest BCUT2D eigenvalue weighted by atomic mass is 9.43. The number of fused-ring (bicyclic) bond motifs is 5. The molecule has 7 nitrogen and oxygen atoms in total. The van der Waals surface area contributed by atoms with E-state index < -0.39 is 12.9 Å². The molecule has 2 N–H and O–H groups in total. The quantitative estimate of drug-likeness (QED) is 0.169. The average Bonchev–Trinajstić information content (AvgIpc) is 3.61. The number of hydrogen-bond acceptors (Lipinski definition) is 6. The van der Waals surface area contributed by atoms with Gasteiger partial charge < -0.3 is 19.7 Å². The fourth-order valence-electron chi connectivity index (χ4n) is 11.9. The van der Waals surface area contributed by atoms with Crippen LogP contribution >= 0.6 is 0 Å². The maximum atomic E-state index is 13.1. The molecule has 4 fully saturated rings. The Morgan fingerprint density at radius 2 is 1.83 bits per heavy atom. The first-order valence-electron chi connectivity index (χ1n) is 18.3. The van der Waals surface area contributed by atoms with E-state index in [1.807, 2.05) is 0 Å². The van der Waals surface area contributed by atoms with Crippen LogP contribution in [0.3, 0.4) is 0 Å². The predicted octanol–water partition coefficient (Wildman–Crippen LogP) is 7.02. The maximum absolute atomic E-state index is 13.1. The van der Waals surface area contributed by atoms with Crippen LogP contribution in [-0.4, -0.2) is 58.8 Å². The first-order chi connectivity index (χ1) is 22.0. The van der Waals surface area contributed by atoms with Gasteiger partial charge in [-0.1, -0.05) is 45.8 Å². The monoisotopic (exact) mass is 635 g/mol. The normalized spacial score (nSPS) is 41.8. The number of terminal acetylenes is 1. The highest BCUT2D eigenvalue weighted by Crippen LogP contribution is 2.68.